The number of rotatable bonds is 3. The Kier molecular flexibility index (Phi) is 4.32. The lowest BCUT2D eigenvalue weighted by Crippen LogP contribution is -2.45. The number of hydrogen-bond donors (Lipinski definition) is 2. The maximum Gasteiger partial charge on any atom is 0.241 e. The summed E-state index contributed by atoms with van der Waals surface area (Å²) in [6, 6.07) is 6.88. The van der Waals surface area contributed by atoms with E-state index in [0.717, 1.165) is 25.1 Å². The molecule has 19 heavy (non-hydrogen) atoms. The first-order valence-electron chi connectivity index (χ1n) is 6.71. The average molecular weight is 260 g/mol. The smallest absolute Gasteiger partial charge is 0.241 e. The minimum absolute atomic E-state index is 0.00197. The molecule has 1 heterocycles. The third-order valence-electron chi connectivity index (χ3n) is 3.54. The molecule has 2 unspecified atom stereocenters. The van der Waals surface area contributed by atoms with Crippen molar-refractivity contribution >= 4 is 17.4 Å². The summed E-state index contributed by atoms with van der Waals surface area (Å²) in [5, 5.41) is 6.12. The van der Waals surface area contributed by atoms with Gasteiger partial charge in [-0.2, -0.15) is 0 Å². The van der Waals surface area contributed by atoms with Gasteiger partial charge in [0.25, 0.3) is 0 Å². The van der Waals surface area contributed by atoms with Crippen molar-refractivity contribution in [3.05, 3.63) is 29.8 Å². The highest BCUT2D eigenvalue weighted by atomic mass is 16.2. The van der Waals surface area contributed by atoms with Crippen molar-refractivity contribution in [3.63, 3.8) is 0 Å². The summed E-state index contributed by atoms with van der Waals surface area (Å²) in [5.74, 6) is 0.611. The number of nitrogens with one attached hydrogen (secondary N) is 2. The summed E-state index contributed by atoms with van der Waals surface area (Å²) in [6.07, 6.45) is 1.99. The quantitative estimate of drug-likeness (QED) is 0.819. The van der Waals surface area contributed by atoms with Gasteiger partial charge < -0.3 is 10.6 Å². The summed E-state index contributed by atoms with van der Waals surface area (Å²) >= 11 is 0. The van der Waals surface area contributed by atoms with Crippen molar-refractivity contribution in [1.29, 1.82) is 0 Å². The van der Waals surface area contributed by atoms with Crippen LogP contribution in [0.5, 0.6) is 0 Å². The minimum Gasteiger partial charge on any atom is -0.325 e. The van der Waals surface area contributed by atoms with Gasteiger partial charge in [0.1, 0.15) is 0 Å². The normalized spacial score (nSPS) is 22.8. The first kappa shape index (κ1) is 13.7. The van der Waals surface area contributed by atoms with Crippen molar-refractivity contribution in [2.75, 3.05) is 11.9 Å². The van der Waals surface area contributed by atoms with Crippen LogP contribution >= 0.6 is 0 Å². The molecule has 1 aromatic carbocycles. The van der Waals surface area contributed by atoms with E-state index in [1.165, 1.54) is 6.92 Å². The van der Waals surface area contributed by atoms with Gasteiger partial charge in [-0.1, -0.05) is 6.92 Å². The number of Topliss-reactive ketones (excluding diaryl/α,β-unsaturated/α-hetero) is 1. The molecule has 0 aromatic heterocycles. The monoisotopic (exact) mass is 260 g/mol. The Bertz CT molecular complexity index is 468. The molecule has 2 rings (SSSR count). The van der Waals surface area contributed by atoms with Crippen molar-refractivity contribution in [3.8, 4) is 0 Å². The number of carbonyl (C=O) groups excluding carboxylic acids is 2. The molecule has 1 amide bonds. The first-order chi connectivity index (χ1) is 9.06. The van der Waals surface area contributed by atoms with Crippen molar-refractivity contribution in [1.82, 2.24) is 5.32 Å². The zero-order chi connectivity index (χ0) is 13.8. The van der Waals surface area contributed by atoms with E-state index in [9.17, 15) is 9.59 Å². The average Bonchev–Trinajstić information content (AvgIpc) is 2.39. The van der Waals surface area contributed by atoms with Gasteiger partial charge in [-0.15, -0.1) is 0 Å². The highest BCUT2D eigenvalue weighted by Gasteiger charge is 2.24. The zero-order valence-corrected chi connectivity index (χ0v) is 11.4. The van der Waals surface area contributed by atoms with Crippen LogP contribution in [0.25, 0.3) is 0 Å². The molecule has 4 heteroatoms. The second-order valence-electron chi connectivity index (χ2n) is 5.26. The fraction of sp³-hybridized carbons (Fsp3) is 0.467. The number of amides is 1. The molecule has 0 aliphatic carbocycles. The molecule has 4 nitrogen and oxygen atoms in total. The van der Waals surface area contributed by atoms with Crippen LogP contribution in [0, 0.1) is 5.92 Å². The molecule has 0 radical (unpaired) electrons. The van der Waals surface area contributed by atoms with Crippen LogP contribution in [0.3, 0.4) is 0 Å². The summed E-state index contributed by atoms with van der Waals surface area (Å²) in [5.41, 5.74) is 1.39. The molecular weight excluding hydrogens is 240 g/mol. The molecule has 102 valence electrons. The number of hydrogen-bond acceptors (Lipinski definition) is 3. The van der Waals surface area contributed by atoms with Crippen molar-refractivity contribution in [2.45, 2.75) is 32.7 Å². The second-order valence-corrected chi connectivity index (χ2v) is 5.26. The molecule has 1 aromatic rings. The van der Waals surface area contributed by atoms with E-state index in [1.807, 2.05) is 0 Å². The molecule has 2 N–H and O–H groups in total. The topological polar surface area (TPSA) is 58.2 Å². The standard InChI is InChI=1S/C15H20N2O2/c1-10-7-8-16-14(9-10)15(19)17-13-5-3-12(4-6-13)11(2)18/h3-6,10,14,16H,7-9H2,1-2H3,(H,17,19). The molecular formula is C15H20N2O2. The maximum absolute atomic E-state index is 12.1. The van der Waals surface area contributed by atoms with Crippen LogP contribution in [0.15, 0.2) is 24.3 Å². The van der Waals surface area contributed by atoms with E-state index in [0.29, 0.717) is 11.5 Å². The lowest BCUT2D eigenvalue weighted by atomic mass is 9.94. The largest absolute Gasteiger partial charge is 0.325 e. The predicted octanol–water partition coefficient (Wildman–Crippen LogP) is 2.22. The van der Waals surface area contributed by atoms with E-state index in [2.05, 4.69) is 17.6 Å². The van der Waals surface area contributed by atoms with Gasteiger partial charge in [0.15, 0.2) is 5.78 Å². The van der Waals surface area contributed by atoms with Crippen LogP contribution in [0.1, 0.15) is 37.0 Å². The molecule has 2 atom stereocenters. The predicted molar refractivity (Wildman–Crippen MR) is 75.3 cm³/mol. The Labute approximate surface area is 113 Å². The van der Waals surface area contributed by atoms with Gasteiger partial charge in [-0.3, -0.25) is 9.59 Å². The Morgan fingerprint density at radius 1 is 1.26 bits per heavy atom. The molecule has 0 bridgehead atoms. The molecule has 1 fully saturated rings. The van der Waals surface area contributed by atoms with E-state index < -0.39 is 0 Å². The van der Waals surface area contributed by atoms with E-state index in [-0.39, 0.29) is 17.7 Å². The highest BCUT2D eigenvalue weighted by Crippen LogP contribution is 2.17. The Hall–Kier alpha value is -1.68. The van der Waals surface area contributed by atoms with Gasteiger partial charge >= 0.3 is 0 Å². The van der Waals surface area contributed by atoms with Crippen molar-refractivity contribution < 1.29 is 9.59 Å². The number of ketones is 1. The van der Waals surface area contributed by atoms with Crippen LogP contribution in [-0.4, -0.2) is 24.3 Å². The molecule has 0 spiro atoms. The van der Waals surface area contributed by atoms with E-state index >= 15 is 0 Å². The van der Waals surface area contributed by atoms with Gasteiger partial charge in [0.05, 0.1) is 6.04 Å². The minimum atomic E-state index is -0.115. The Balaban J connectivity index is 1.96. The second kappa shape index (κ2) is 5.97. The van der Waals surface area contributed by atoms with Crippen LogP contribution < -0.4 is 10.6 Å². The Morgan fingerprint density at radius 3 is 2.53 bits per heavy atom. The van der Waals surface area contributed by atoms with Gasteiger partial charge in [0, 0.05) is 11.3 Å². The number of benzene rings is 1. The number of carbonyl (C=O) groups is 2. The summed E-state index contributed by atoms with van der Waals surface area (Å²) in [4.78, 5) is 23.3. The van der Waals surface area contributed by atoms with Crippen molar-refractivity contribution in [2.24, 2.45) is 5.92 Å². The van der Waals surface area contributed by atoms with Gasteiger partial charge in [0.2, 0.25) is 5.91 Å². The molecule has 1 saturated heterocycles. The highest BCUT2D eigenvalue weighted by molar-refractivity contribution is 5.97. The summed E-state index contributed by atoms with van der Waals surface area (Å²) < 4.78 is 0. The van der Waals surface area contributed by atoms with Gasteiger partial charge in [-0.25, -0.2) is 0 Å². The molecule has 1 aliphatic heterocycles. The Morgan fingerprint density at radius 2 is 1.95 bits per heavy atom. The third kappa shape index (κ3) is 3.64. The molecule has 1 aliphatic rings. The zero-order valence-electron chi connectivity index (χ0n) is 11.4. The lowest BCUT2D eigenvalue weighted by Gasteiger charge is -2.27. The number of anilines is 1. The third-order valence-corrected chi connectivity index (χ3v) is 3.54. The fourth-order valence-corrected chi connectivity index (χ4v) is 2.32. The van der Waals surface area contributed by atoms with Crippen LogP contribution in [0.2, 0.25) is 0 Å². The lowest BCUT2D eigenvalue weighted by molar-refractivity contribution is -0.119. The van der Waals surface area contributed by atoms with Crippen LogP contribution in [0.4, 0.5) is 5.69 Å². The van der Waals surface area contributed by atoms with Crippen LogP contribution in [-0.2, 0) is 4.79 Å². The number of piperidine rings is 1. The summed E-state index contributed by atoms with van der Waals surface area (Å²) in [6.45, 7) is 4.59. The SMILES string of the molecule is CC(=O)c1ccc(NC(=O)C2CC(C)CCN2)cc1. The van der Waals surface area contributed by atoms with E-state index in [1.54, 1.807) is 24.3 Å². The molecule has 0 saturated carbocycles. The summed E-state index contributed by atoms with van der Waals surface area (Å²) in [7, 11) is 0. The maximum atomic E-state index is 12.1. The first-order valence-corrected chi connectivity index (χ1v) is 6.71. The van der Waals surface area contributed by atoms with E-state index in [4.69, 9.17) is 0 Å². The fourth-order valence-electron chi connectivity index (χ4n) is 2.32. The van der Waals surface area contributed by atoms with Gasteiger partial charge in [-0.05, 0) is 56.5 Å².